The van der Waals surface area contributed by atoms with Gasteiger partial charge in [0.25, 0.3) is 15.9 Å². The Kier molecular flexibility index (Phi) is 8.75. The first-order valence-electron chi connectivity index (χ1n) is 9.16. The van der Waals surface area contributed by atoms with Crippen LogP contribution in [0, 0.1) is 0 Å². The Balaban J connectivity index is 1.80. The van der Waals surface area contributed by atoms with Gasteiger partial charge in [-0.15, -0.1) is 0 Å². The second-order valence-corrected chi connectivity index (χ2v) is 8.61. The second kappa shape index (κ2) is 11.0. The smallest absolute Gasteiger partial charge is 0.261 e. The summed E-state index contributed by atoms with van der Waals surface area (Å²) in [7, 11) is -3.74. The minimum atomic E-state index is -3.74. The Morgan fingerprint density at radius 2 is 1.72 bits per heavy atom. The largest absolute Gasteiger partial charge is 0.484 e. The summed E-state index contributed by atoms with van der Waals surface area (Å²) < 4.78 is 38.1. The summed E-state index contributed by atoms with van der Waals surface area (Å²) in [6.07, 6.45) is 0.888. The molecule has 0 bridgehead atoms. The van der Waals surface area contributed by atoms with Gasteiger partial charge in [0.1, 0.15) is 5.75 Å². The number of rotatable bonds is 11. The van der Waals surface area contributed by atoms with E-state index in [4.69, 9.17) is 21.1 Å². The average Bonchev–Trinajstić information content (AvgIpc) is 2.68. The summed E-state index contributed by atoms with van der Waals surface area (Å²) in [6.45, 7) is 4.84. The van der Waals surface area contributed by atoms with Gasteiger partial charge in [-0.2, -0.15) is 0 Å². The molecule has 2 rings (SSSR count). The molecule has 9 heteroatoms. The van der Waals surface area contributed by atoms with Gasteiger partial charge in [0, 0.05) is 23.9 Å². The molecule has 29 heavy (non-hydrogen) atoms. The number of benzene rings is 2. The van der Waals surface area contributed by atoms with Crippen molar-refractivity contribution in [2.24, 2.45) is 0 Å². The van der Waals surface area contributed by atoms with Crippen LogP contribution in [-0.4, -0.2) is 40.2 Å². The van der Waals surface area contributed by atoms with Gasteiger partial charge in [-0.1, -0.05) is 11.6 Å². The highest BCUT2D eigenvalue weighted by Crippen LogP contribution is 2.20. The maximum atomic E-state index is 12.4. The molecule has 0 spiro atoms. The van der Waals surface area contributed by atoms with E-state index in [0.29, 0.717) is 29.6 Å². The number of carbonyl (C=O) groups is 1. The van der Waals surface area contributed by atoms with Crippen molar-refractivity contribution >= 4 is 33.2 Å². The van der Waals surface area contributed by atoms with Crippen LogP contribution < -0.4 is 14.8 Å². The van der Waals surface area contributed by atoms with Gasteiger partial charge in [-0.25, -0.2) is 8.42 Å². The highest BCUT2D eigenvalue weighted by Gasteiger charge is 2.14. The number of hydrogen-bond acceptors (Lipinski definition) is 5. The summed E-state index contributed by atoms with van der Waals surface area (Å²) >= 11 is 5.80. The Morgan fingerprint density at radius 1 is 1.07 bits per heavy atom. The van der Waals surface area contributed by atoms with E-state index in [9.17, 15) is 13.2 Å². The van der Waals surface area contributed by atoms with Crippen LogP contribution in [0.3, 0.4) is 0 Å². The fourth-order valence-corrected chi connectivity index (χ4v) is 3.45. The van der Waals surface area contributed by atoms with Crippen molar-refractivity contribution in [1.29, 1.82) is 0 Å². The van der Waals surface area contributed by atoms with Crippen LogP contribution in [0.1, 0.15) is 20.3 Å². The summed E-state index contributed by atoms with van der Waals surface area (Å²) in [5.41, 5.74) is 0.408. The van der Waals surface area contributed by atoms with E-state index in [2.05, 4.69) is 10.0 Å². The summed E-state index contributed by atoms with van der Waals surface area (Å²) in [4.78, 5) is 11.9. The number of nitrogens with one attached hydrogen (secondary N) is 2. The molecule has 2 N–H and O–H groups in total. The van der Waals surface area contributed by atoms with Crippen molar-refractivity contribution in [3.8, 4) is 5.75 Å². The number of carbonyl (C=O) groups excluding carboxylic acids is 1. The zero-order valence-electron chi connectivity index (χ0n) is 16.4. The van der Waals surface area contributed by atoms with Crippen LogP contribution in [0.25, 0.3) is 0 Å². The van der Waals surface area contributed by atoms with Crippen molar-refractivity contribution < 1.29 is 22.7 Å². The van der Waals surface area contributed by atoms with Crippen LogP contribution in [-0.2, 0) is 19.6 Å². The predicted octanol–water partition coefficient (Wildman–Crippen LogP) is 3.45. The highest BCUT2D eigenvalue weighted by atomic mass is 35.5. The van der Waals surface area contributed by atoms with E-state index in [1.54, 1.807) is 24.3 Å². The molecule has 2 aromatic carbocycles. The molecular formula is C20H25ClN2O5S. The Morgan fingerprint density at radius 3 is 2.34 bits per heavy atom. The van der Waals surface area contributed by atoms with Gasteiger partial charge in [-0.3, -0.25) is 9.52 Å². The third-order valence-corrected chi connectivity index (χ3v) is 5.34. The first-order chi connectivity index (χ1) is 13.8. The maximum Gasteiger partial charge on any atom is 0.261 e. The standard InChI is InChI=1S/C20H25ClN2O5S/c1-15(2)27-13-3-12-22-20(24)14-28-18-8-10-19(11-9-18)29(25,26)23-17-6-4-16(21)5-7-17/h4-11,15,23H,3,12-14H2,1-2H3,(H,22,24). The predicted molar refractivity (Wildman–Crippen MR) is 113 cm³/mol. The summed E-state index contributed by atoms with van der Waals surface area (Å²) in [6, 6.07) is 12.2. The molecule has 0 heterocycles. The average molecular weight is 441 g/mol. The lowest BCUT2D eigenvalue weighted by Gasteiger charge is -2.10. The lowest BCUT2D eigenvalue weighted by molar-refractivity contribution is -0.123. The molecule has 0 aliphatic rings. The molecule has 1 amide bonds. The normalized spacial score (nSPS) is 11.3. The van der Waals surface area contributed by atoms with Gasteiger partial charge in [0.15, 0.2) is 6.61 Å². The molecule has 0 aromatic heterocycles. The van der Waals surface area contributed by atoms with E-state index in [1.807, 2.05) is 13.8 Å². The number of sulfonamides is 1. The fourth-order valence-electron chi connectivity index (χ4n) is 2.27. The van der Waals surface area contributed by atoms with Crippen LogP contribution in [0.5, 0.6) is 5.75 Å². The summed E-state index contributed by atoms with van der Waals surface area (Å²) in [5.74, 6) is 0.143. The van der Waals surface area contributed by atoms with E-state index in [-0.39, 0.29) is 23.5 Å². The fraction of sp³-hybridized carbons (Fsp3) is 0.350. The van der Waals surface area contributed by atoms with E-state index >= 15 is 0 Å². The lowest BCUT2D eigenvalue weighted by atomic mass is 10.3. The molecule has 0 fully saturated rings. The van der Waals surface area contributed by atoms with Crippen molar-refractivity contribution in [2.45, 2.75) is 31.3 Å². The molecule has 2 aromatic rings. The van der Waals surface area contributed by atoms with Crippen molar-refractivity contribution in [2.75, 3.05) is 24.5 Å². The topological polar surface area (TPSA) is 93.7 Å². The van der Waals surface area contributed by atoms with Gasteiger partial charge in [0.05, 0.1) is 11.0 Å². The van der Waals surface area contributed by atoms with Gasteiger partial charge in [0.2, 0.25) is 0 Å². The minimum absolute atomic E-state index is 0.0782. The number of halogens is 1. The van der Waals surface area contributed by atoms with Crippen LogP contribution in [0.2, 0.25) is 5.02 Å². The maximum absolute atomic E-state index is 12.4. The van der Waals surface area contributed by atoms with E-state index in [1.165, 1.54) is 24.3 Å². The molecule has 158 valence electrons. The van der Waals surface area contributed by atoms with E-state index < -0.39 is 10.0 Å². The zero-order valence-corrected chi connectivity index (χ0v) is 17.9. The molecule has 7 nitrogen and oxygen atoms in total. The molecule has 0 saturated heterocycles. The van der Waals surface area contributed by atoms with Crippen LogP contribution in [0.15, 0.2) is 53.4 Å². The number of hydrogen-bond donors (Lipinski definition) is 2. The SMILES string of the molecule is CC(C)OCCCNC(=O)COc1ccc(S(=O)(=O)Nc2ccc(Cl)cc2)cc1. The highest BCUT2D eigenvalue weighted by molar-refractivity contribution is 7.92. The van der Waals surface area contributed by atoms with Crippen LogP contribution in [0.4, 0.5) is 5.69 Å². The molecule has 0 aliphatic heterocycles. The Bertz CT molecular complexity index is 884. The van der Waals surface area contributed by atoms with Crippen molar-refractivity contribution in [3.63, 3.8) is 0 Å². The molecule has 0 atom stereocenters. The quantitative estimate of drug-likeness (QED) is 0.522. The monoisotopic (exact) mass is 440 g/mol. The zero-order chi connectivity index (χ0) is 21.3. The number of anilines is 1. The molecule has 0 saturated carbocycles. The van der Waals surface area contributed by atoms with Crippen molar-refractivity contribution in [1.82, 2.24) is 5.32 Å². The third-order valence-electron chi connectivity index (χ3n) is 3.69. The Hall–Kier alpha value is -2.29. The third kappa shape index (κ3) is 8.31. The minimum Gasteiger partial charge on any atom is -0.484 e. The molecule has 0 radical (unpaired) electrons. The molecule has 0 aliphatic carbocycles. The first kappa shape index (κ1) is 23.0. The van der Waals surface area contributed by atoms with Crippen LogP contribution >= 0.6 is 11.6 Å². The molecule has 0 unspecified atom stereocenters. The Labute approximate surface area is 176 Å². The first-order valence-corrected chi connectivity index (χ1v) is 11.0. The second-order valence-electron chi connectivity index (χ2n) is 6.50. The number of amides is 1. The summed E-state index contributed by atoms with van der Waals surface area (Å²) in [5, 5.41) is 3.25. The van der Waals surface area contributed by atoms with Crippen molar-refractivity contribution in [3.05, 3.63) is 53.6 Å². The molecular weight excluding hydrogens is 416 g/mol. The van der Waals surface area contributed by atoms with Gasteiger partial charge >= 0.3 is 0 Å². The van der Waals surface area contributed by atoms with E-state index in [0.717, 1.165) is 6.42 Å². The van der Waals surface area contributed by atoms with Gasteiger partial charge < -0.3 is 14.8 Å². The number of ether oxygens (including phenoxy) is 2. The lowest BCUT2D eigenvalue weighted by Crippen LogP contribution is -2.30. The van der Waals surface area contributed by atoms with Gasteiger partial charge in [-0.05, 0) is 68.8 Å².